The minimum absolute atomic E-state index is 0.130. The molecule has 7 aromatic rings. The number of nitrogens with one attached hydrogen (secondary N) is 1. The lowest BCUT2D eigenvalue weighted by molar-refractivity contribution is -0.134. The van der Waals surface area contributed by atoms with Crippen molar-refractivity contribution in [3.63, 3.8) is 0 Å². The Morgan fingerprint density at radius 1 is 0.710 bits per heavy atom. The van der Waals surface area contributed by atoms with Crippen LogP contribution in [0.4, 0.5) is 27.7 Å². The summed E-state index contributed by atoms with van der Waals surface area (Å²) in [5, 5.41) is 12.7. The van der Waals surface area contributed by atoms with E-state index in [2.05, 4.69) is 79.5 Å². The third kappa shape index (κ3) is 7.99. The minimum Gasteiger partial charge on any atom is -0.371 e. The van der Waals surface area contributed by atoms with Crippen molar-refractivity contribution in [3.8, 4) is 27.9 Å². The maximum absolute atomic E-state index is 13.9. The van der Waals surface area contributed by atoms with E-state index >= 15 is 0 Å². The number of para-hydroxylation sites is 1. The molecule has 4 saturated heterocycles. The number of amides is 4. The molecular formula is C52H55N13O4. The average Bonchev–Trinajstić information content (AvgIpc) is 4.06. The molecule has 4 amide bonds. The van der Waals surface area contributed by atoms with Crippen LogP contribution in [0, 0.1) is 0 Å². The van der Waals surface area contributed by atoms with Crippen LogP contribution in [0.1, 0.15) is 49.8 Å². The average molecular weight is 926 g/mol. The molecule has 17 heteroatoms. The van der Waals surface area contributed by atoms with E-state index in [-0.39, 0.29) is 23.5 Å². The first-order valence-electron chi connectivity index (χ1n) is 24.0. The number of aromatic nitrogens is 7. The van der Waals surface area contributed by atoms with Crippen molar-refractivity contribution >= 4 is 51.6 Å². The highest BCUT2D eigenvalue weighted by atomic mass is 16.2. The molecule has 17 nitrogen and oxygen atoms in total. The molecule has 0 saturated carbocycles. The zero-order valence-corrected chi connectivity index (χ0v) is 39.2. The van der Waals surface area contributed by atoms with Crippen molar-refractivity contribution in [1.82, 2.24) is 44.3 Å². The number of urea groups is 1. The standard InChI is InChI=1S/C52H55N13O4/c1-4-39-41(18-22-54-49(39)64-30-29-63(52(64)69)38-7-6-21-53-32-38)40-15-14-37(65-51(68)58(2)33-55-65)31-44(40)34-10-12-35(13-11-34)60-23-19-36(20-24-60)61-25-27-62(28-26-61)45-9-5-8-42-47(57-59(3)48(42)45)43-16-17-46(66)56-50(43)67/h5-15,18,21-22,31-33,36,43H,4,16-17,19-20,23-30H2,1-3H3,(H,56,66,67). The quantitative estimate of drug-likeness (QED) is 0.163. The molecule has 1 unspecified atom stereocenters. The van der Waals surface area contributed by atoms with E-state index in [1.165, 1.54) is 21.3 Å². The van der Waals surface area contributed by atoms with E-state index in [1.54, 1.807) is 35.4 Å². The summed E-state index contributed by atoms with van der Waals surface area (Å²) in [5.41, 5.74) is 10.1. The third-order valence-electron chi connectivity index (χ3n) is 14.6. The van der Waals surface area contributed by atoms with Crippen LogP contribution in [-0.2, 0) is 30.1 Å². The Hall–Kier alpha value is -7.66. The number of benzene rings is 3. The molecule has 0 bridgehead atoms. The van der Waals surface area contributed by atoms with Crippen LogP contribution >= 0.6 is 0 Å². The summed E-state index contributed by atoms with van der Waals surface area (Å²) in [7, 11) is 3.64. The van der Waals surface area contributed by atoms with Gasteiger partial charge in [0, 0.05) is 108 Å². The predicted molar refractivity (Wildman–Crippen MR) is 266 cm³/mol. The molecule has 11 rings (SSSR count). The number of imide groups is 1. The molecule has 4 aliphatic heterocycles. The van der Waals surface area contributed by atoms with E-state index in [1.807, 2.05) is 48.1 Å². The van der Waals surface area contributed by atoms with Gasteiger partial charge >= 0.3 is 11.7 Å². The highest BCUT2D eigenvalue weighted by Gasteiger charge is 2.35. The fourth-order valence-electron chi connectivity index (χ4n) is 11.0. The summed E-state index contributed by atoms with van der Waals surface area (Å²) in [6, 6.07) is 27.1. The number of carbonyl (C=O) groups excluding carboxylic acids is 3. The molecule has 4 fully saturated rings. The van der Waals surface area contributed by atoms with Gasteiger partial charge in [0.25, 0.3) is 0 Å². The monoisotopic (exact) mass is 925 g/mol. The number of piperazine rings is 1. The van der Waals surface area contributed by atoms with Crippen LogP contribution in [0.5, 0.6) is 0 Å². The molecule has 4 aromatic heterocycles. The number of nitrogens with zero attached hydrogens (tertiary/aromatic N) is 12. The number of aryl methyl sites for hydroxylation is 2. The smallest absolute Gasteiger partial charge is 0.350 e. The first-order chi connectivity index (χ1) is 33.6. The summed E-state index contributed by atoms with van der Waals surface area (Å²) in [4.78, 5) is 71.8. The van der Waals surface area contributed by atoms with Gasteiger partial charge in [-0.3, -0.25) is 43.8 Å². The number of anilines is 4. The van der Waals surface area contributed by atoms with Crippen molar-refractivity contribution in [2.24, 2.45) is 14.1 Å². The Morgan fingerprint density at radius 3 is 2.22 bits per heavy atom. The van der Waals surface area contributed by atoms with Crippen molar-refractivity contribution < 1.29 is 14.4 Å². The Bertz CT molecular complexity index is 3150. The molecule has 0 aliphatic carbocycles. The largest absolute Gasteiger partial charge is 0.371 e. The van der Waals surface area contributed by atoms with Gasteiger partial charge in [0.2, 0.25) is 11.8 Å². The van der Waals surface area contributed by atoms with Crippen LogP contribution < -0.4 is 30.6 Å². The van der Waals surface area contributed by atoms with E-state index in [0.717, 1.165) is 108 Å². The van der Waals surface area contributed by atoms with Gasteiger partial charge in [0.15, 0.2) is 0 Å². The number of pyridine rings is 2. The Morgan fingerprint density at radius 2 is 1.49 bits per heavy atom. The molecule has 0 radical (unpaired) electrons. The molecule has 352 valence electrons. The number of hydrogen-bond acceptors (Lipinski definition) is 11. The second kappa shape index (κ2) is 18.1. The molecule has 1 N–H and O–H groups in total. The number of carbonyl (C=O) groups is 3. The molecule has 3 aromatic carbocycles. The van der Waals surface area contributed by atoms with E-state index in [0.29, 0.717) is 49.9 Å². The van der Waals surface area contributed by atoms with E-state index in [9.17, 15) is 19.2 Å². The van der Waals surface area contributed by atoms with Gasteiger partial charge in [-0.15, -0.1) is 0 Å². The summed E-state index contributed by atoms with van der Waals surface area (Å²) in [6.45, 7) is 8.78. The molecule has 4 aliphatic rings. The van der Waals surface area contributed by atoms with Crippen LogP contribution in [0.3, 0.4) is 0 Å². The Labute approximate surface area is 399 Å². The summed E-state index contributed by atoms with van der Waals surface area (Å²) >= 11 is 0. The second-order valence-corrected chi connectivity index (χ2v) is 18.5. The van der Waals surface area contributed by atoms with Gasteiger partial charge in [-0.05, 0) is 96.5 Å². The Balaban J connectivity index is 0.796. The number of piperidine rings is 2. The van der Waals surface area contributed by atoms with Crippen molar-refractivity contribution in [1.29, 1.82) is 0 Å². The van der Waals surface area contributed by atoms with Gasteiger partial charge in [-0.1, -0.05) is 37.3 Å². The molecule has 0 spiro atoms. The first kappa shape index (κ1) is 43.9. The lowest BCUT2D eigenvalue weighted by Gasteiger charge is -2.44. The van der Waals surface area contributed by atoms with E-state index < -0.39 is 5.92 Å². The fourth-order valence-corrected chi connectivity index (χ4v) is 11.0. The molecule has 8 heterocycles. The van der Waals surface area contributed by atoms with Crippen LogP contribution in [0.25, 0.3) is 38.8 Å². The predicted octanol–water partition coefficient (Wildman–Crippen LogP) is 5.90. The topological polar surface area (TPSA) is 163 Å². The number of rotatable bonds is 10. The van der Waals surface area contributed by atoms with Crippen LogP contribution in [0.15, 0.2) is 109 Å². The van der Waals surface area contributed by atoms with Crippen molar-refractivity contribution in [3.05, 3.63) is 126 Å². The molecule has 69 heavy (non-hydrogen) atoms. The van der Waals surface area contributed by atoms with Crippen LogP contribution in [-0.4, -0.2) is 115 Å². The zero-order chi connectivity index (χ0) is 47.3. The lowest BCUT2D eigenvalue weighted by Crippen LogP contribution is -2.53. The van der Waals surface area contributed by atoms with Gasteiger partial charge in [0.05, 0.1) is 40.4 Å². The first-order valence-corrected chi connectivity index (χ1v) is 24.0. The van der Waals surface area contributed by atoms with E-state index in [4.69, 9.17) is 10.1 Å². The normalized spacial score (nSPS) is 18.5. The zero-order valence-electron chi connectivity index (χ0n) is 39.2. The number of hydrogen-bond donors (Lipinski definition) is 1. The summed E-state index contributed by atoms with van der Waals surface area (Å²) in [6.07, 6.45) is 10.3. The SMILES string of the molecule is CCc1c(-c2ccc(-n3ncn(C)c3=O)cc2-c2ccc(N3CCC(N4CCN(c5cccc6c(C7CCC(=O)NC7=O)nn(C)c56)CC4)CC3)cc2)ccnc1N1CCN(c2cccnc2)C1=O. The maximum atomic E-state index is 13.9. The van der Waals surface area contributed by atoms with Gasteiger partial charge < -0.3 is 9.80 Å². The van der Waals surface area contributed by atoms with Crippen LogP contribution in [0.2, 0.25) is 0 Å². The fraction of sp³-hybridized carbons (Fsp3) is 0.346. The number of fused-ring (bicyclic) bond motifs is 1. The van der Waals surface area contributed by atoms with Gasteiger partial charge in [-0.25, -0.2) is 14.6 Å². The van der Waals surface area contributed by atoms with Crippen molar-refractivity contribution in [2.75, 3.05) is 72.0 Å². The summed E-state index contributed by atoms with van der Waals surface area (Å²) in [5.74, 6) is -0.268. The second-order valence-electron chi connectivity index (χ2n) is 18.5. The highest BCUT2D eigenvalue weighted by Crippen LogP contribution is 2.40. The molecular weight excluding hydrogens is 871 g/mol. The summed E-state index contributed by atoms with van der Waals surface area (Å²) < 4.78 is 4.78. The lowest BCUT2D eigenvalue weighted by atomic mass is 9.90. The molecule has 1 atom stereocenters. The highest BCUT2D eigenvalue weighted by molar-refractivity contribution is 6.07. The minimum atomic E-state index is -0.430. The maximum Gasteiger partial charge on any atom is 0.350 e. The third-order valence-corrected chi connectivity index (χ3v) is 14.6. The van der Waals surface area contributed by atoms with Crippen molar-refractivity contribution in [2.45, 2.75) is 51.0 Å². The van der Waals surface area contributed by atoms with Gasteiger partial charge in [0.1, 0.15) is 12.1 Å². The van der Waals surface area contributed by atoms with Gasteiger partial charge in [-0.2, -0.15) is 14.9 Å². The Kier molecular flexibility index (Phi) is 11.5.